The van der Waals surface area contributed by atoms with E-state index in [2.05, 4.69) is 16.4 Å². The van der Waals surface area contributed by atoms with Crippen LogP contribution in [0.15, 0.2) is 18.2 Å². The highest BCUT2D eigenvalue weighted by molar-refractivity contribution is 5.86. The average Bonchev–Trinajstić information content (AvgIpc) is 2.71. The molecule has 3 N–H and O–H groups in total. The second-order valence-electron chi connectivity index (χ2n) is 4.99. The predicted molar refractivity (Wildman–Crippen MR) is 76.9 cm³/mol. The Kier molecular flexibility index (Phi) is 3.61. The molecule has 0 radical (unpaired) electrons. The van der Waals surface area contributed by atoms with Gasteiger partial charge in [0.1, 0.15) is 6.04 Å². The van der Waals surface area contributed by atoms with Crippen LogP contribution in [0.1, 0.15) is 32.4 Å². The molecule has 1 aromatic carbocycles. The van der Waals surface area contributed by atoms with E-state index in [0.717, 1.165) is 0 Å². The van der Waals surface area contributed by atoms with Crippen molar-refractivity contribution in [3.05, 3.63) is 23.8 Å². The lowest BCUT2D eigenvalue weighted by molar-refractivity contribution is -0.124. The summed E-state index contributed by atoms with van der Waals surface area (Å²) in [7, 11) is 0. The zero-order valence-electron chi connectivity index (χ0n) is 11.7. The van der Waals surface area contributed by atoms with E-state index in [9.17, 15) is 4.79 Å². The van der Waals surface area contributed by atoms with Crippen LogP contribution in [-0.2, 0) is 4.79 Å². The van der Waals surface area contributed by atoms with E-state index in [1.807, 2.05) is 13.8 Å². The van der Waals surface area contributed by atoms with Crippen molar-refractivity contribution < 1.29 is 4.79 Å². The highest BCUT2D eigenvalue weighted by Crippen LogP contribution is 2.23. The van der Waals surface area contributed by atoms with Crippen LogP contribution < -0.4 is 11.1 Å². The quantitative estimate of drug-likeness (QED) is 0.885. The summed E-state index contributed by atoms with van der Waals surface area (Å²) in [5.74, 6) is 0.134. The molecule has 0 aliphatic carbocycles. The molecule has 0 saturated carbocycles. The number of imidazole rings is 1. The number of fused-ring (bicyclic) bond motifs is 1. The number of anilines is 1. The smallest absolute Gasteiger partial charge is 0.243 e. The summed E-state index contributed by atoms with van der Waals surface area (Å²) in [6.45, 7) is 5.55. The minimum absolute atomic E-state index is 0.0515. The normalized spacial score (nSPS) is 12.3. The zero-order valence-corrected chi connectivity index (χ0v) is 11.7. The van der Waals surface area contributed by atoms with Gasteiger partial charge in [-0.05, 0) is 39.0 Å². The number of nitriles is 1. The zero-order chi connectivity index (χ0) is 14.9. The molecule has 1 atom stereocenters. The van der Waals surface area contributed by atoms with E-state index >= 15 is 0 Å². The van der Waals surface area contributed by atoms with Gasteiger partial charge in [-0.1, -0.05) is 0 Å². The molecule has 2 rings (SSSR count). The number of aromatic nitrogens is 2. The molecule has 6 nitrogen and oxygen atoms in total. The molecule has 0 saturated heterocycles. The lowest BCUT2D eigenvalue weighted by atomic mass is 10.2. The monoisotopic (exact) mass is 271 g/mol. The van der Waals surface area contributed by atoms with Gasteiger partial charge in [0.2, 0.25) is 11.9 Å². The van der Waals surface area contributed by atoms with Crippen molar-refractivity contribution in [2.24, 2.45) is 0 Å². The molecule has 2 aromatic rings. The van der Waals surface area contributed by atoms with Crippen molar-refractivity contribution in [1.82, 2.24) is 14.9 Å². The third-order valence-corrected chi connectivity index (χ3v) is 3.04. The largest absolute Gasteiger partial charge is 0.369 e. The first-order valence-corrected chi connectivity index (χ1v) is 6.42. The molecular formula is C14H17N5O. The Labute approximate surface area is 117 Å². The number of nitrogens with zero attached hydrogens (tertiary/aromatic N) is 3. The number of nitrogen functional groups attached to an aromatic ring is 1. The fraction of sp³-hybridized carbons (Fsp3) is 0.357. The average molecular weight is 271 g/mol. The van der Waals surface area contributed by atoms with Crippen molar-refractivity contribution in [3.8, 4) is 6.07 Å². The second-order valence-corrected chi connectivity index (χ2v) is 4.99. The van der Waals surface area contributed by atoms with Crippen molar-refractivity contribution in [3.63, 3.8) is 0 Å². The number of amides is 1. The molecule has 20 heavy (non-hydrogen) atoms. The van der Waals surface area contributed by atoms with Crippen LogP contribution in [0.25, 0.3) is 11.0 Å². The van der Waals surface area contributed by atoms with Crippen molar-refractivity contribution in [1.29, 1.82) is 5.26 Å². The highest BCUT2D eigenvalue weighted by Gasteiger charge is 2.21. The Balaban J connectivity index is 2.50. The van der Waals surface area contributed by atoms with Crippen LogP contribution in [0.4, 0.5) is 5.95 Å². The Morgan fingerprint density at radius 3 is 2.75 bits per heavy atom. The SMILES string of the molecule is CC(C)NC(=O)C(C)n1c(N)nc2ccc(C#N)cc21. The van der Waals surface area contributed by atoms with E-state index in [1.54, 1.807) is 29.7 Å². The molecule has 1 heterocycles. The first kappa shape index (κ1) is 13.9. The molecule has 1 aromatic heterocycles. The molecule has 0 bridgehead atoms. The lowest BCUT2D eigenvalue weighted by Gasteiger charge is -2.17. The lowest BCUT2D eigenvalue weighted by Crippen LogP contribution is -2.36. The van der Waals surface area contributed by atoms with Gasteiger partial charge in [0.15, 0.2) is 0 Å². The summed E-state index contributed by atoms with van der Waals surface area (Å²) in [6.07, 6.45) is 0. The van der Waals surface area contributed by atoms with E-state index in [4.69, 9.17) is 11.0 Å². The Hall–Kier alpha value is -2.55. The van der Waals surface area contributed by atoms with Crippen LogP contribution in [0.2, 0.25) is 0 Å². The summed E-state index contributed by atoms with van der Waals surface area (Å²) in [5, 5.41) is 11.8. The fourth-order valence-corrected chi connectivity index (χ4v) is 2.11. The summed E-state index contributed by atoms with van der Waals surface area (Å²) in [5.41, 5.74) is 7.77. The third-order valence-electron chi connectivity index (χ3n) is 3.04. The molecule has 104 valence electrons. The maximum absolute atomic E-state index is 12.1. The van der Waals surface area contributed by atoms with Crippen LogP contribution in [-0.4, -0.2) is 21.5 Å². The fourth-order valence-electron chi connectivity index (χ4n) is 2.11. The number of benzene rings is 1. The molecule has 1 amide bonds. The molecule has 0 aliphatic rings. The molecule has 1 unspecified atom stereocenters. The Morgan fingerprint density at radius 1 is 1.45 bits per heavy atom. The topological polar surface area (TPSA) is 96.7 Å². The molecular weight excluding hydrogens is 254 g/mol. The molecule has 0 aliphatic heterocycles. The molecule has 6 heteroatoms. The standard InChI is InChI=1S/C14H17N5O/c1-8(2)17-13(20)9(3)19-12-6-10(7-15)4-5-11(12)18-14(19)16/h4-6,8-9H,1-3H3,(H2,16,18)(H,17,20). The molecule has 0 fully saturated rings. The van der Waals surface area contributed by atoms with Crippen LogP contribution >= 0.6 is 0 Å². The van der Waals surface area contributed by atoms with Gasteiger partial charge in [-0.2, -0.15) is 5.26 Å². The maximum Gasteiger partial charge on any atom is 0.243 e. The summed E-state index contributed by atoms with van der Waals surface area (Å²) in [4.78, 5) is 16.3. The van der Waals surface area contributed by atoms with Crippen LogP contribution in [0, 0.1) is 11.3 Å². The highest BCUT2D eigenvalue weighted by atomic mass is 16.2. The van der Waals surface area contributed by atoms with Gasteiger partial charge in [0.05, 0.1) is 22.7 Å². The Morgan fingerprint density at radius 2 is 2.15 bits per heavy atom. The van der Waals surface area contributed by atoms with Gasteiger partial charge >= 0.3 is 0 Å². The van der Waals surface area contributed by atoms with Gasteiger partial charge in [-0.15, -0.1) is 0 Å². The number of carbonyl (C=O) groups is 1. The van der Waals surface area contributed by atoms with Crippen LogP contribution in [0.5, 0.6) is 0 Å². The van der Waals surface area contributed by atoms with E-state index in [1.165, 1.54) is 0 Å². The number of hydrogen-bond donors (Lipinski definition) is 2. The number of nitrogens with two attached hydrogens (primary N) is 1. The second kappa shape index (κ2) is 5.21. The Bertz CT molecular complexity index is 695. The summed E-state index contributed by atoms with van der Waals surface area (Å²) in [6, 6.07) is 6.74. The van der Waals surface area contributed by atoms with Crippen LogP contribution in [0.3, 0.4) is 0 Å². The summed E-state index contributed by atoms with van der Waals surface area (Å²) >= 11 is 0. The summed E-state index contributed by atoms with van der Waals surface area (Å²) < 4.78 is 1.65. The van der Waals surface area contributed by atoms with Crippen molar-refractivity contribution in [2.75, 3.05) is 5.73 Å². The minimum atomic E-state index is -0.489. The van der Waals surface area contributed by atoms with E-state index in [-0.39, 0.29) is 17.9 Å². The molecule has 0 spiro atoms. The van der Waals surface area contributed by atoms with Crippen molar-refractivity contribution >= 4 is 22.9 Å². The van der Waals surface area contributed by atoms with Gasteiger partial charge < -0.3 is 11.1 Å². The van der Waals surface area contributed by atoms with Gasteiger partial charge in [0, 0.05) is 6.04 Å². The van der Waals surface area contributed by atoms with Gasteiger partial charge in [-0.25, -0.2) is 4.98 Å². The van der Waals surface area contributed by atoms with E-state index < -0.39 is 6.04 Å². The number of rotatable bonds is 3. The first-order chi connectivity index (χ1) is 9.43. The minimum Gasteiger partial charge on any atom is -0.369 e. The van der Waals surface area contributed by atoms with E-state index in [0.29, 0.717) is 16.6 Å². The first-order valence-electron chi connectivity index (χ1n) is 6.42. The third kappa shape index (κ3) is 2.43. The van der Waals surface area contributed by atoms with Gasteiger partial charge in [-0.3, -0.25) is 9.36 Å². The van der Waals surface area contributed by atoms with Gasteiger partial charge in [0.25, 0.3) is 0 Å². The predicted octanol–water partition coefficient (Wildman–Crippen LogP) is 1.58. The number of carbonyl (C=O) groups excluding carboxylic acids is 1. The maximum atomic E-state index is 12.1. The number of hydrogen-bond acceptors (Lipinski definition) is 4. The number of nitrogens with one attached hydrogen (secondary N) is 1. The van der Waals surface area contributed by atoms with Crippen molar-refractivity contribution in [2.45, 2.75) is 32.9 Å².